The third kappa shape index (κ3) is 1.36. The van der Waals surface area contributed by atoms with Crippen LogP contribution in [-0.4, -0.2) is 11.6 Å². The lowest BCUT2D eigenvalue weighted by Crippen LogP contribution is -2.25. The van der Waals surface area contributed by atoms with E-state index in [9.17, 15) is 9.59 Å². The molecule has 0 atom stereocenters. The maximum Gasteiger partial charge on any atom is 0.196 e. The van der Waals surface area contributed by atoms with E-state index in [-0.39, 0.29) is 22.8 Å². The average Bonchev–Trinajstić information content (AvgIpc) is 2.46. The number of hydrogen-bond acceptors (Lipinski definition) is 4. The number of rotatable bonds is 0. The molecule has 2 aromatic rings. The quantitative estimate of drug-likeness (QED) is 0.611. The molecule has 0 amide bonds. The van der Waals surface area contributed by atoms with Gasteiger partial charge in [-0.05, 0) is 25.0 Å². The molecule has 1 aliphatic carbocycles. The predicted octanol–water partition coefficient (Wildman–Crippen LogP) is 2.24. The molecule has 0 radical (unpaired) electrons. The summed E-state index contributed by atoms with van der Waals surface area (Å²) in [5.41, 5.74) is 15.4. The van der Waals surface area contributed by atoms with Crippen molar-refractivity contribution in [3.8, 4) is 0 Å². The Bertz CT molecular complexity index is 726. The first-order chi connectivity index (χ1) is 9.45. The number of nitrogens with two attached hydrogens (primary N) is 2. The van der Waals surface area contributed by atoms with Gasteiger partial charge in [0.2, 0.25) is 0 Å². The van der Waals surface area contributed by atoms with Crippen LogP contribution < -0.4 is 11.5 Å². The van der Waals surface area contributed by atoms with Crippen molar-refractivity contribution in [2.45, 2.75) is 13.8 Å². The highest BCUT2D eigenvalue weighted by Crippen LogP contribution is 2.38. The van der Waals surface area contributed by atoms with E-state index in [2.05, 4.69) is 0 Å². The molecular weight excluding hydrogens is 252 g/mol. The number of fused-ring (bicyclic) bond motifs is 2. The van der Waals surface area contributed by atoms with Crippen LogP contribution in [0.25, 0.3) is 0 Å². The molecule has 100 valence electrons. The second kappa shape index (κ2) is 3.93. The maximum atomic E-state index is 12.6. The van der Waals surface area contributed by atoms with Gasteiger partial charge in [0.25, 0.3) is 0 Å². The fourth-order valence-electron chi connectivity index (χ4n) is 2.72. The van der Waals surface area contributed by atoms with Crippen molar-refractivity contribution in [2.75, 3.05) is 11.5 Å². The van der Waals surface area contributed by atoms with Gasteiger partial charge in [-0.25, -0.2) is 0 Å². The fraction of sp³-hybridized carbons (Fsp3) is 0.125. The maximum absolute atomic E-state index is 12.6. The highest BCUT2D eigenvalue weighted by molar-refractivity contribution is 6.31. The van der Waals surface area contributed by atoms with Crippen LogP contribution >= 0.6 is 0 Å². The lowest BCUT2D eigenvalue weighted by atomic mass is 9.79. The summed E-state index contributed by atoms with van der Waals surface area (Å²) < 4.78 is 0. The molecule has 0 aromatic heterocycles. The molecule has 3 rings (SSSR count). The van der Waals surface area contributed by atoms with Crippen LogP contribution in [0.1, 0.15) is 43.0 Å². The molecule has 0 fully saturated rings. The summed E-state index contributed by atoms with van der Waals surface area (Å²) >= 11 is 0. The zero-order chi connectivity index (χ0) is 14.6. The van der Waals surface area contributed by atoms with Crippen LogP contribution in [-0.2, 0) is 0 Å². The van der Waals surface area contributed by atoms with Gasteiger partial charge < -0.3 is 11.5 Å². The minimum Gasteiger partial charge on any atom is -0.397 e. The highest BCUT2D eigenvalue weighted by atomic mass is 16.1. The van der Waals surface area contributed by atoms with Gasteiger partial charge in [-0.3, -0.25) is 9.59 Å². The van der Waals surface area contributed by atoms with E-state index in [1.165, 1.54) is 0 Å². The van der Waals surface area contributed by atoms with Crippen LogP contribution in [0, 0.1) is 13.8 Å². The lowest BCUT2D eigenvalue weighted by Gasteiger charge is -2.23. The number of benzene rings is 2. The molecule has 4 nitrogen and oxygen atoms in total. The molecule has 0 unspecified atom stereocenters. The minimum absolute atomic E-state index is 0.164. The topological polar surface area (TPSA) is 86.2 Å². The SMILES string of the molecule is Cc1c(C)c2c(c(N)c1N)C(=O)c1ccccc1C2=O. The van der Waals surface area contributed by atoms with E-state index in [1.807, 2.05) is 0 Å². The summed E-state index contributed by atoms with van der Waals surface area (Å²) in [5.74, 6) is -0.398. The average molecular weight is 266 g/mol. The predicted molar refractivity (Wildman–Crippen MR) is 78.0 cm³/mol. The zero-order valence-electron chi connectivity index (χ0n) is 11.3. The van der Waals surface area contributed by atoms with Gasteiger partial charge in [-0.2, -0.15) is 0 Å². The number of carbonyl (C=O) groups is 2. The molecule has 4 N–H and O–H groups in total. The molecule has 20 heavy (non-hydrogen) atoms. The van der Waals surface area contributed by atoms with Crippen LogP contribution in [0.15, 0.2) is 24.3 Å². The van der Waals surface area contributed by atoms with Crippen LogP contribution in [0.2, 0.25) is 0 Å². The first kappa shape index (κ1) is 12.4. The Balaban J connectivity index is 2.46. The van der Waals surface area contributed by atoms with Gasteiger partial charge in [0.05, 0.1) is 16.9 Å². The number of carbonyl (C=O) groups excluding carboxylic acids is 2. The Morgan fingerprint density at radius 1 is 0.750 bits per heavy atom. The molecular formula is C16H14N2O2. The Hall–Kier alpha value is -2.62. The van der Waals surface area contributed by atoms with Gasteiger partial charge in [-0.1, -0.05) is 24.3 Å². The van der Waals surface area contributed by atoms with E-state index in [0.717, 1.165) is 11.1 Å². The number of anilines is 2. The van der Waals surface area contributed by atoms with E-state index in [0.29, 0.717) is 22.4 Å². The third-order valence-electron chi connectivity index (χ3n) is 4.02. The van der Waals surface area contributed by atoms with Gasteiger partial charge in [0, 0.05) is 16.7 Å². The monoisotopic (exact) mass is 266 g/mol. The molecule has 0 heterocycles. The van der Waals surface area contributed by atoms with Crippen molar-refractivity contribution in [1.82, 2.24) is 0 Å². The van der Waals surface area contributed by atoms with Crippen LogP contribution in [0.4, 0.5) is 11.4 Å². The largest absolute Gasteiger partial charge is 0.397 e. The highest BCUT2D eigenvalue weighted by Gasteiger charge is 2.34. The third-order valence-corrected chi connectivity index (χ3v) is 4.02. The van der Waals surface area contributed by atoms with Crippen molar-refractivity contribution in [3.05, 3.63) is 57.6 Å². The summed E-state index contributed by atoms with van der Waals surface area (Å²) in [6.07, 6.45) is 0. The number of hydrogen-bond donors (Lipinski definition) is 2. The molecule has 0 saturated heterocycles. The summed E-state index contributed by atoms with van der Waals surface area (Å²) in [6.45, 7) is 3.60. The second-order valence-corrected chi connectivity index (χ2v) is 5.03. The van der Waals surface area contributed by atoms with Crippen molar-refractivity contribution in [1.29, 1.82) is 0 Å². The first-order valence-electron chi connectivity index (χ1n) is 6.31. The summed E-state index contributed by atoms with van der Waals surface area (Å²) in [5, 5.41) is 0. The van der Waals surface area contributed by atoms with E-state index >= 15 is 0 Å². The van der Waals surface area contributed by atoms with Gasteiger partial charge in [0.1, 0.15) is 0 Å². The standard InChI is InChI=1S/C16H14N2O2/c1-7-8(2)13(17)14(18)12-11(7)15(19)9-5-3-4-6-10(9)16(12)20/h3-6H,17-18H2,1-2H3. The van der Waals surface area contributed by atoms with E-state index in [4.69, 9.17) is 11.5 Å². The van der Waals surface area contributed by atoms with Gasteiger partial charge in [0.15, 0.2) is 11.6 Å². The first-order valence-corrected chi connectivity index (χ1v) is 6.31. The van der Waals surface area contributed by atoms with Gasteiger partial charge in [-0.15, -0.1) is 0 Å². The molecule has 0 bridgehead atoms. The Kier molecular flexibility index (Phi) is 2.44. The van der Waals surface area contributed by atoms with Crippen molar-refractivity contribution < 1.29 is 9.59 Å². The molecule has 0 spiro atoms. The molecule has 1 aliphatic rings. The Morgan fingerprint density at radius 3 is 1.80 bits per heavy atom. The Morgan fingerprint density at radius 2 is 1.25 bits per heavy atom. The normalized spacial score (nSPS) is 13.1. The molecule has 2 aromatic carbocycles. The number of nitrogen functional groups attached to an aromatic ring is 2. The zero-order valence-corrected chi connectivity index (χ0v) is 11.3. The number of ketones is 2. The molecule has 4 heteroatoms. The van der Waals surface area contributed by atoms with Gasteiger partial charge >= 0.3 is 0 Å². The fourth-order valence-corrected chi connectivity index (χ4v) is 2.72. The summed E-state index contributed by atoms with van der Waals surface area (Å²) in [7, 11) is 0. The summed E-state index contributed by atoms with van der Waals surface area (Å²) in [4.78, 5) is 25.2. The van der Waals surface area contributed by atoms with Crippen molar-refractivity contribution in [2.24, 2.45) is 0 Å². The lowest BCUT2D eigenvalue weighted by molar-refractivity contribution is 0.0979. The minimum atomic E-state index is -0.234. The van der Waals surface area contributed by atoms with E-state index in [1.54, 1.807) is 38.1 Å². The van der Waals surface area contributed by atoms with Crippen molar-refractivity contribution >= 4 is 22.9 Å². The van der Waals surface area contributed by atoms with E-state index < -0.39 is 0 Å². The Labute approximate surface area is 116 Å². The van der Waals surface area contributed by atoms with Crippen molar-refractivity contribution in [3.63, 3.8) is 0 Å². The van der Waals surface area contributed by atoms with Crippen LogP contribution in [0.5, 0.6) is 0 Å². The van der Waals surface area contributed by atoms with Crippen LogP contribution in [0.3, 0.4) is 0 Å². The second-order valence-electron chi connectivity index (χ2n) is 5.03. The molecule has 0 aliphatic heterocycles. The molecule has 0 saturated carbocycles. The smallest absolute Gasteiger partial charge is 0.196 e. The summed E-state index contributed by atoms with van der Waals surface area (Å²) in [6, 6.07) is 6.79.